The van der Waals surface area contributed by atoms with Crippen molar-refractivity contribution >= 4 is 27.7 Å². The van der Waals surface area contributed by atoms with Gasteiger partial charge < -0.3 is 24.7 Å². The lowest BCUT2D eigenvalue weighted by atomic mass is 9.77. The predicted molar refractivity (Wildman–Crippen MR) is 108 cm³/mol. The summed E-state index contributed by atoms with van der Waals surface area (Å²) in [5.41, 5.74) is 7.16. The highest BCUT2D eigenvalue weighted by molar-refractivity contribution is 9.10. The van der Waals surface area contributed by atoms with E-state index in [2.05, 4.69) is 21.9 Å². The van der Waals surface area contributed by atoms with Gasteiger partial charge in [-0.25, -0.2) is 4.79 Å². The van der Waals surface area contributed by atoms with E-state index in [4.69, 9.17) is 31.1 Å². The zero-order chi connectivity index (χ0) is 21.1. The third-order valence-corrected chi connectivity index (χ3v) is 5.36. The van der Waals surface area contributed by atoms with Crippen molar-refractivity contribution in [2.24, 2.45) is 5.73 Å². The van der Waals surface area contributed by atoms with Gasteiger partial charge >= 0.3 is 5.97 Å². The summed E-state index contributed by atoms with van der Waals surface area (Å²) in [5, 5.41) is 0. The molecule has 152 valence electrons. The van der Waals surface area contributed by atoms with Crippen LogP contribution in [0.2, 0.25) is 0 Å². The van der Waals surface area contributed by atoms with Gasteiger partial charge in [-0.2, -0.15) is 0 Å². The van der Waals surface area contributed by atoms with Crippen LogP contribution in [0.1, 0.15) is 30.7 Å². The van der Waals surface area contributed by atoms with Gasteiger partial charge in [-0.05, 0) is 40.0 Å². The average molecular weight is 462 g/mol. The number of hydrogen-bond donors (Lipinski definition) is 1. The van der Waals surface area contributed by atoms with E-state index in [0.29, 0.717) is 52.1 Å². The Kier molecular flexibility index (Phi) is 6.18. The van der Waals surface area contributed by atoms with E-state index in [1.54, 1.807) is 12.1 Å². The Balaban J connectivity index is 2.21. The normalized spacial score (nSPS) is 18.6. The Morgan fingerprint density at radius 3 is 2.79 bits per heavy atom. The quantitative estimate of drug-likeness (QED) is 0.531. The van der Waals surface area contributed by atoms with E-state index >= 15 is 0 Å². The van der Waals surface area contributed by atoms with Crippen LogP contribution in [0.15, 0.2) is 39.4 Å². The van der Waals surface area contributed by atoms with Crippen LogP contribution in [0.4, 0.5) is 0 Å². The molecule has 29 heavy (non-hydrogen) atoms. The van der Waals surface area contributed by atoms with Crippen molar-refractivity contribution in [1.82, 2.24) is 0 Å². The van der Waals surface area contributed by atoms with Gasteiger partial charge in [0.05, 0.1) is 24.6 Å². The second kappa shape index (κ2) is 8.62. The highest BCUT2D eigenvalue weighted by Crippen LogP contribution is 2.47. The number of carbonyl (C=O) groups is 2. The van der Waals surface area contributed by atoms with Crippen molar-refractivity contribution in [3.05, 3.63) is 45.0 Å². The van der Waals surface area contributed by atoms with Crippen molar-refractivity contribution in [2.45, 2.75) is 25.2 Å². The number of Topliss-reactive ketones (excluding diaryl/α,β-unsaturated/α-hetero) is 1. The topological polar surface area (TPSA) is 97.1 Å². The molecule has 1 aliphatic heterocycles. The molecule has 1 aliphatic carbocycles. The van der Waals surface area contributed by atoms with Gasteiger partial charge in [0.25, 0.3) is 0 Å². The number of methoxy groups -OCH3 is 2. The van der Waals surface area contributed by atoms with Gasteiger partial charge in [-0.15, -0.1) is 6.42 Å². The molecule has 1 aromatic rings. The van der Waals surface area contributed by atoms with E-state index in [1.165, 1.54) is 14.2 Å². The molecule has 0 saturated carbocycles. The lowest BCUT2D eigenvalue weighted by Gasteiger charge is -2.32. The van der Waals surface area contributed by atoms with Crippen molar-refractivity contribution in [3.63, 3.8) is 0 Å². The van der Waals surface area contributed by atoms with Crippen molar-refractivity contribution in [3.8, 4) is 23.8 Å². The Morgan fingerprint density at radius 2 is 2.14 bits per heavy atom. The molecule has 0 fully saturated rings. The summed E-state index contributed by atoms with van der Waals surface area (Å²) in [5.74, 6) is 2.12. The monoisotopic (exact) mass is 461 g/mol. The number of rotatable bonds is 5. The van der Waals surface area contributed by atoms with Crippen LogP contribution in [-0.2, 0) is 19.1 Å². The SMILES string of the molecule is C#CCOc1c(Br)cc([C@H]2C(C(=O)OC)=C(N)OC3=C2C(=O)CCC3)cc1OC. The molecule has 0 spiro atoms. The lowest BCUT2D eigenvalue weighted by Crippen LogP contribution is -2.31. The number of ether oxygens (including phenoxy) is 4. The van der Waals surface area contributed by atoms with Gasteiger partial charge in [0, 0.05) is 18.4 Å². The van der Waals surface area contributed by atoms with E-state index in [9.17, 15) is 9.59 Å². The van der Waals surface area contributed by atoms with Crippen LogP contribution < -0.4 is 15.2 Å². The molecule has 1 atom stereocenters. The minimum absolute atomic E-state index is 0.0552. The number of benzene rings is 1. The third kappa shape index (κ3) is 3.83. The Labute approximate surface area is 176 Å². The number of halogens is 1. The van der Waals surface area contributed by atoms with E-state index < -0.39 is 11.9 Å². The highest BCUT2D eigenvalue weighted by atomic mass is 79.9. The highest BCUT2D eigenvalue weighted by Gasteiger charge is 2.41. The first kappa shape index (κ1) is 20.8. The first-order valence-electron chi connectivity index (χ1n) is 8.88. The third-order valence-electron chi connectivity index (χ3n) is 4.77. The fourth-order valence-corrected chi connectivity index (χ4v) is 4.13. The second-order valence-corrected chi connectivity index (χ2v) is 7.30. The van der Waals surface area contributed by atoms with Gasteiger partial charge in [0.1, 0.15) is 17.9 Å². The number of terminal acetylenes is 1. The molecule has 2 N–H and O–H groups in total. The number of esters is 1. The zero-order valence-electron chi connectivity index (χ0n) is 16.0. The molecular formula is C21H20BrNO6. The number of allylic oxidation sites excluding steroid dienone is 2. The molecule has 0 radical (unpaired) electrons. The fourth-order valence-electron chi connectivity index (χ4n) is 3.56. The van der Waals surface area contributed by atoms with Gasteiger partial charge in [0.2, 0.25) is 5.88 Å². The molecular weight excluding hydrogens is 442 g/mol. The molecule has 0 saturated heterocycles. The molecule has 3 rings (SSSR count). The lowest BCUT2D eigenvalue weighted by molar-refractivity contribution is -0.136. The fraction of sp³-hybridized carbons (Fsp3) is 0.333. The molecule has 1 aromatic carbocycles. The Morgan fingerprint density at radius 1 is 1.38 bits per heavy atom. The summed E-state index contributed by atoms with van der Waals surface area (Å²) in [7, 11) is 2.74. The maximum Gasteiger partial charge on any atom is 0.340 e. The van der Waals surface area contributed by atoms with Crippen LogP contribution >= 0.6 is 15.9 Å². The maximum atomic E-state index is 12.8. The van der Waals surface area contributed by atoms with Crippen molar-refractivity contribution < 1.29 is 28.5 Å². The molecule has 0 amide bonds. The number of nitrogens with two attached hydrogens (primary N) is 1. The van der Waals surface area contributed by atoms with Crippen LogP contribution in [0, 0.1) is 12.3 Å². The van der Waals surface area contributed by atoms with Crippen LogP contribution in [0.25, 0.3) is 0 Å². The van der Waals surface area contributed by atoms with E-state index in [0.717, 1.165) is 0 Å². The standard InChI is InChI=1S/C21H20BrNO6/c1-4-8-28-19-12(22)9-11(10-15(19)26-2)16-17-13(24)6-5-7-14(17)29-20(23)18(16)21(25)27-3/h1,9-10,16H,5-8,23H2,2-3H3/t16-/m1/s1. The number of ketones is 1. The van der Waals surface area contributed by atoms with E-state index in [-0.39, 0.29) is 23.8 Å². The summed E-state index contributed by atoms with van der Waals surface area (Å²) in [6.45, 7) is 0.0552. The second-order valence-electron chi connectivity index (χ2n) is 6.45. The molecule has 0 bridgehead atoms. The average Bonchev–Trinajstić information content (AvgIpc) is 2.71. The smallest absolute Gasteiger partial charge is 0.340 e. The van der Waals surface area contributed by atoms with Crippen molar-refractivity contribution in [1.29, 1.82) is 0 Å². The zero-order valence-corrected chi connectivity index (χ0v) is 17.6. The summed E-state index contributed by atoms with van der Waals surface area (Å²) >= 11 is 3.46. The molecule has 0 aromatic heterocycles. The molecule has 0 unspecified atom stereocenters. The van der Waals surface area contributed by atoms with Crippen LogP contribution in [0.5, 0.6) is 11.5 Å². The van der Waals surface area contributed by atoms with Gasteiger partial charge in [-0.1, -0.05) is 5.92 Å². The largest absolute Gasteiger partial charge is 0.493 e. The first-order valence-corrected chi connectivity index (χ1v) is 9.67. The van der Waals surface area contributed by atoms with E-state index in [1.807, 2.05) is 0 Å². The molecule has 1 heterocycles. The molecule has 7 nitrogen and oxygen atoms in total. The van der Waals surface area contributed by atoms with Gasteiger partial charge in [0.15, 0.2) is 17.3 Å². The van der Waals surface area contributed by atoms with Crippen LogP contribution in [-0.4, -0.2) is 32.6 Å². The van der Waals surface area contributed by atoms with Crippen molar-refractivity contribution in [2.75, 3.05) is 20.8 Å². The summed E-state index contributed by atoms with van der Waals surface area (Å²) in [4.78, 5) is 25.3. The van der Waals surface area contributed by atoms with Crippen LogP contribution in [0.3, 0.4) is 0 Å². The molecule has 8 heteroatoms. The first-order chi connectivity index (χ1) is 13.9. The summed E-state index contributed by atoms with van der Waals surface area (Å²) in [6, 6.07) is 3.43. The minimum atomic E-state index is -0.745. The summed E-state index contributed by atoms with van der Waals surface area (Å²) < 4.78 is 22.1. The Bertz CT molecular complexity index is 972. The number of hydrogen-bond acceptors (Lipinski definition) is 7. The van der Waals surface area contributed by atoms with Gasteiger partial charge in [-0.3, -0.25) is 4.79 Å². The maximum absolute atomic E-state index is 12.8. The Hall–Kier alpha value is -2.92. The molecule has 2 aliphatic rings. The summed E-state index contributed by atoms with van der Waals surface area (Å²) in [6.07, 6.45) is 6.87. The predicted octanol–water partition coefficient (Wildman–Crippen LogP) is 2.93. The number of carbonyl (C=O) groups excluding carboxylic acids is 2. The minimum Gasteiger partial charge on any atom is -0.493 e.